The Hall–Kier alpha value is -2.18. The molecular formula is C19H23N3O2S. The quantitative estimate of drug-likeness (QED) is 0.744. The van der Waals surface area contributed by atoms with Gasteiger partial charge in [-0.2, -0.15) is 11.3 Å². The molecule has 1 aliphatic heterocycles. The molecule has 0 aliphatic carbocycles. The second-order valence-electron chi connectivity index (χ2n) is 6.27. The van der Waals surface area contributed by atoms with Gasteiger partial charge in [-0.05, 0) is 61.8 Å². The fourth-order valence-electron chi connectivity index (χ4n) is 3.03. The molecule has 1 aromatic heterocycles. The minimum atomic E-state index is -0.199. The first-order chi connectivity index (χ1) is 12.2. The molecule has 1 unspecified atom stereocenters. The van der Waals surface area contributed by atoms with Crippen molar-refractivity contribution in [2.45, 2.75) is 19.3 Å². The van der Waals surface area contributed by atoms with E-state index in [0.717, 1.165) is 19.5 Å². The van der Waals surface area contributed by atoms with Crippen molar-refractivity contribution in [1.29, 1.82) is 0 Å². The smallest absolute Gasteiger partial charge is 0.256 e. The number of carbonyl (C=O) groups excluding carboxylic acids is 2. The van der Waals surface area contributed by atoms with Crippen molar-refractivity contribution in [3.63, 3.8) is 0 Å². The van der Waals surface area contributed by atoms with E-state index < -0.39 is 0 Å². The molecule has 2 heterocycles. The summed E-state index contributed by atoms with van der Waals surface area (Å²) in [5, 5.41) is 12.8. The Morgan fingerprint density at radius 2 is 2.08 bits per heavy atom. The molecule has 6 heteroatoms. The lowest BCUT2D eigenvalue weighted by atomic mass is 9.96. The van der Waals surface area contributed by atoms with Crippen molar-refractivity contribution in [1.82, 2.24) is 10.6 Å². The summed E-state index contributed by atoms with van der Waals surface area (Å²) in [6.45, 7) is 2.78. The average Bonchev–Trinajstić information content (AvgIpc) is 3.18. The fraction of sp³-hybridized carbons (Fsp3) is 0.368. The fourth-order valence-corrected chi connectivity index (χ4v) is 3.67. The van der Waals surface area contributed by atoms with Gasteiger partial charge in [0.05, 0.1) is 16.8 Å². The minimum Gasteiger partial charge on any atom is -0.352 e. The second kappa shape index (κ2) is 8.78. The molecule has 1 atom stereocenters. The summed E-state index contributed by atoms with van der Waals surface area (Å²) in [5.41, 5.74) is 1.63. The van der Waals surface area contributed by atoms with Gasteiger partial charge in [-0.25, -0.2) is 0 Å². The molecule has 132 valence electrons. The topological polar surface area (TPSA) is 70.2 Å². The van der Waals surface area contributed by atoms with Crippen LogP contribution in [0.2, 0.25) is 0 Å². The van der Waals surface area contributed by atoms with Crippen molar-refractivity contribution in [2.75, 3.05) is 25.0 Å². The normalized spacial score (nSPS) is 17.0. The molecular weight excluding hydrogens is 334 g/mol. The van der Waals surface area contributed by atoms with E-state index in [0.29, 0.717) is 29.3 Å². The Kier molecular flexibility index (Phi) is 6.19. The number of hydrogen-bond donors (Lipinski definition) is 3. The molecule has 1 aromatic carbocycles. The van der Waals surface area contributed by atoms with Crippen molar-refractivity contribution in [2.24, 2.45) is 5.92 Å². The van der Waals surface area contributed by atoms with Crippen LogP contribution in [0.4, 0.5) is 5.69 Å². The van der Waals surface area contributed by atoms with E-state index >= 15 is 0 Å². The summed E-state index contributed by atoms with van der Waals surface area (Å²) in [7, 11) is 0. The van der Waals surface area contributed by atoms with E-state index in [9.17, 15) is 9.59 Å². The summed E-state index contributed by atoms with van der Waals surface area (Å²) in [4.78, 5) is 24.7. The van der Waals surface area contributed by atoms with Gasteiger partial charge in [0.2, 0.25) is 0 Å². The molecule has 1 aliphatic rings. The lowest BCUT2D eigenvalue weighted by Gasteiger charge is -2.22. The molecule has 1 saturated heterocycles. The molecule has 2 aromatic rings. The first kappa shape index (κ1) is 17.6. The van der Waals surface area contributed by atoms with Crippen LogP contribution in [0.5, 0.6) is 0 Å². The summed E-state index contributed by atoms with van der Waals surface area (Å²) in [5.74, 6) is 0.280. The molecule has 0 bridgehead atoms. The van der Waals surface area contributed by atoms with Crippen LogP contribution in [0, 0.1) is 5.92 Å². The molecule has 0 saturated carbocycles. The molecule has 3 rings (SSSR count). The van der Waals surface area contributed by atoms with Crippen molar-refractivity contribution < 1.29 is 9.59 Å². The molecule has 1 fully saturated rings. The van der Waals surface area contributed by atoms with Crippen LogP contribution in [0.15, 0.2) is 41.1 Å². The highest BCUT2D eigenvalue weighted by molar-refractivity contribution is 7.08. The highest BCUT2D eigenvalue weighted by Gasteiger charge is 2.16. The van der Waals surface area contributed by atoms with Crippen molar-refractivity contribution in [3.05, 3.63) is 52.2 Å². The summed E-state index contributed by atoms with van der Waals surface area (Å²) < 4.78 is 0. The van der Waals surface area contributed by atoms with Gasteiger partial charge in [0.15, 0.2) is 0 Å². The van der Waals surface area contributed by atoms with Gasteiger partial charge in [0.1, 0.15) is 0 Å². The first-order valence-electron chi connectivity index (χ1n) is 8.65. The third-order valence-corrected chi connectivity index (χ3v) is 5.12. The number of rotatable bonds is 6. The van der Waals surface area contributed by atoms with Gasteiger partial charge in [0.25, 0.3) is 11.8 Å². The number of nitrogens with one attached hydrogen (secondary N) is 3. The Bertz CT molecular complexity index is 709. The van der Waals surface area contributed by atoms with Crippen LogP contribution in [-0.2, 0) is 0 Å². The zero-order chi connectivity index (χ0) is 17.5. The van der Waals surface area contributed by atoms with Gasteiger partial charge in [0, 0.05) is 11.9 Å². The molecule has 2 amide bonds. The van der Waals surface area contributed by atoms with Gasteiger partial charge in [-0.3, -0.25) is 9.59 Å². The number of piperidine rings is 1. The van der Waals surface area contributed by atoms with E-state index in [4.69, 9.17) is 0 Å². The predicted octanol–water partition coefficient (Wildman–Crippen LogP) is 3.12. The maximum Gasteiger partial charge on any atom is 0.256 e. The van der Waals surface area contributed by atoms with Crippen LogP contribution < -0.4 is 16.0 Å². The highest BCUT2D eigenvalue weighted by Crippen LogP contribution is 2.18. The standard InChI is InChI=1S/C19H23N3O2S/c23-18(15-8-11-25-13-15)22-17-6-2-1-5-16(17)19(24)21-10-7-14-4-3-9-20-12-14/h1-2,5-6,8,11,13-14,20H,3-4,7,9-10,12H2,(H,21,24)(H,22,23). The summed E-state index contributed by atoms with van der Waals surface area (Å²) in [6.07, 6.45) is 3.40. The largest absolute Gasteiger partial charge is 0.352 e. The van der Waals surface area contributed by atoms with Crippen molar-refractivity contribution in [3.8, 4) is 0 Å². The lowest BCUT2D eigenvalue weighted by Crippen LogP contribution is -2.33. The maximum atomic E-state index is 12.5. The van der Waals surface area contributed by atoms with Crippen LogP contribution >= 0.6 is 11.3 Å². The Morgan fingerprint density at radius 1 is 1.20 bits per heavy atom. The van der Waals surface area contributed by atoms with Crippen LogP contribution in [0.25, 0.3) is 0 Å². The molecule has 5 nitrogen and oxygen atoms in total. The minimum absolute atomic E-state index is 0.148. The number of amides is 2. The maximum absolute atomic E-state index is 12.5. The van der Waals surface area contributed by atoms with E-state index in [1.165, 1.54) is 24.2 Å². The van der Waals surface area contributed by atoms with E-state index in [1.54, 1.807) is 29.6 Å². The number of thiophene rings is 1. The lowest BCUT2D eigenvalue weighted by molar-refractivity contribution is 0.0951. The molecule has 0 radical (unpaired) electrons. The zero-order valence-corrected chi connectivity index (χ0v) is 14.9. The SMILES string of the molecule is O=C(Nc1ccccc1C(=O)NCCC1CCCNC1)c1ccsc1. The number of benzene rings is 1. The Morgan fingerprint density at radius 3 is 2.84 bits per heavy atom. The van der Waals surface area contributed by atoms with E-state index in [2.05, 4.69) is 16.0 Å². The zero-order valence-electron chi connectivity index (χ0n) is 14.1. The van der Waals surface area contributed by atoms with Crippen molar-refractivity contribution >= 4 is 28.8 Å². The number of hydrogen-bond acceptors (Lipinski definition) is 4. The molecule has 0 spiro atoms. The molecule has 3 N–H and O–H groups in total. The van der Waals surface area contributed by atoms with Crippen LogP contribution in [0.3, 0.4) is 0 Å². The summed E-state index contributed by atoms with van der Waals surface area (Å²) in [6, 6.07) is 8.87. The Balaban J connectivity index is 1.57. The second-order valence-corrected chi connectivity index (χ2v) is 7.05. The molecule has 25 heavy (non-hydrogen) atoms. The predicted molar refractivity (Wildman–Crippen MR) is 101 cm³/mol. The third kappa shape index (κ3) is 4.90. The number of carbonyl (C=O) groups is 2. The van der Waals surface area contributed by atoms with E-state index in [1.807, 2.05) is 11.4 Å². The van der Waals surface area contributed by atoms with Crippen LogP contribution in [-0.4, -0.2) is 31.4 Å². The first-order valence-corrected chi connectivity index (χ1v) is 9.60. The monoisotopic (exact) mass is 357 g/mol. The van der Waals surface area contributed by atoms with Gasteiger partial charge in [-0.15, -0.1) is 0 Å². The number of para-hydroxylation sites is 1. The Labute approximate surface area is 151 Å². The van der Waals surface area contributed by atoms with Crippen LogP contribution in [0.1, 0.15) is 40.0 Å². The van der Waals surface area contributed by atoms with Gasteiger partial charge in [-0.1, -0.05) is 12.1 Å². The summed E-state index contributed by atoms with van der Waals surface area (Å²) >= 11 is 1.47. The van der Waals surface area contributed by atoms with Gasteiger partial charge >= 0.3 is 0 Å². The van der Waals surface area contributed by atoms with E-state index in [-0.39, 0.29) is 11.8 Å². The average molecular weight is 357 g/mol. The highest BCUT2D eigenvalue weighted by atomic mass is 32.1. The van der Waals surface area contributed by atoms with Gasteiger partial charge < -0.3 is 16.0 Å². The number of anilines is 1. The third-order valence-electron chi connectivity index (χ3n) is 4.44.